The molecule has 3 aliphatic rings. The zero-order valence-corrected chi connectivity index (χ0v) is 15.2. The van der Waals surface area contributed by atoms with Gasteiger partial charge in [-0.3, -0.25) is 4.79 Å². The first-order valence-corrected chi connectivity index (χ1v) is 9.38. The zero-order valence-electron chi connectivity index (χ0n) is 15.2. The average molecular weight is 377 g/mol. The molecule has 0 radical (unpaired) electrons. The fraction of sp³-hybridized carbons (Fsp3) is 0.579. The molecule has 1 aromatic carbocycles. The second-order valence-corrected chi connectivity index (χ2v) is 7.38. The van der Waals surface area contributed by atoms with Crippen molar-refractivity contribution in [3.63, 3.8) is 0 Å². The first-order chi connectivity index (χ1) is 13.1. The number of morpholine rings is 1. The summed E-state index contributed by atoms with van der Waals surface area (Å²) in [6, 6.07) is 5.83. The van der Waals surface area contributed by atoms with Crippen LogP contribution in [0.1, 0.15) is 12.8 Å². The van der Waals surface area contributed by atoms with Crippen LogP contribution in [0.4, 0.5) is 14.9 Å². The molecule has 27 heavy (non-hydrogen) atoms. The van der Waals surface area contributed by atoms with Crippen molar-refractivity contribution in [3.05, 3.63) is 30.1 Å². The zero-order chi connectivity index (χ0) is 18.9. The molecule has 1 aromatic rings. The highest BCUT2D eigenvalue weighted by molar-refractivity contribution is 5.95. The number of likely N-dealkylation sites (tertiary alicyclic amines) is 1. The Kier molecular flexibility index (Phi) is 5.01. The molecule has 4 rings (SSSR count). The largest absolute Gasteiger partial charge is 0.376 e. The van der Waals surface area contributed by atoms with E-state index in [4.69, 9.17) is 9.47 Å². The van der Waals surface area contributed by atoms with Crippen LogP contribution in [0.3, 0.4) is 0 Å². The number of nitrogens with zero attached hydrogens (tertiary/aromatic N) is 3. The lowest BCUT2D eigenvalue weighted by Crippen LogP contribution is -2.62. The molecule has 0 aliphatic carbocycles. The van der Waals surface area contributed by atoms with Crippen LogP contribution >= 0.6 is 0 Å². The molecule has 3 heterocycles. The number of hydrogen-bond donors (Lipinski definition) is 0. The van der Waals surface area contributed by atoms with Gasteiger partial charge >= 0.3 is 6.03 Å². The van der Waals surface area contributed by atoms with E-state index in [0.717, 1.165) is 25.9 Å². The fourth-order valence-electron chi connectivity index (χ4n) is 3.93. The number of anilines is 1. The molecule has 0 bridgehead atoms. The number of carbonyl (C=O) groups excluding carboxylic acids is 2. The van der Waals surface area contributed by atoms with E-state index in [-0.39, 0.29) is 30.9 Å². The summed E-state index contributed by atoms with van der Waals surface area (Å²) >= 11 is 0. The standard InChI is InChI=1S/C19H24FN3O4/c20-15-3-5-16(6-4-15)23-13-19(27-11-17(23)24)12-22(9-10-26-14-19)18(25)21-7-1-2-8-21/h3-6H,1-2,7-14H2/t19-/m1/s1. The minimum Gasteiger partial charge on any atom is -0.376 e. The van der Waals surface area contributed by atoms with Gasteiger partial charge in [-0.15, -0.1) is 0 Å². The van der Waals surface area contributed by atoms with E-state index >= 15 is 0 Å². The van der Waals surface area contributed by atoms with Crippen LogP contribution in [0.2, 0.25) is 0 Å². The second kappa shape index (κ2) is 7.44. The van der Waals surface area contributed by atoms with E-state index < -0.39 is 5.60 Å². The van der Waals surface area contributed by atoms with Crippen molar-refractivity contribution in [2.75, 3.05) is 57.4 Å². The molecule has 3 aliphatic heterocycles. The first kappa shape index (κ1) is 18.2. The number of benzene rings is 1. The van der Waals surface area contributed by atoms with E-state index in [1.54, 1.807) is 21.9 Å². The summed E-state index contributed by atoms with van der Waals surface area (Å²) in [5, 5.41) is 0. The van der Waals surface area contributed by atoms with E-state index in [2.05, 4.69) is 0 Å². The van der Waals surface area contributed by atoms with Gasteiger partial charge in [-0.05, 0) is 37.1 Å². The van der Waals surface area contributed by atoms with Crippen LogP contribution < -0.4 is 4.90 Å². The first-order valence-electron chi connectivity index (χ1n) is 9.38. The van der Waals surface area contributed by atoms with Crippen LogP contribution in [0, 0.1) is 5.82 Å². The summed E-state index contributed by atoms with van der Waals surface area (Å²) in [7, 11) is 0. The van der Waals surface area contributed by atoms with Gasteiger partial charge in [0, 0.05) is 25.3 Å². The molecular weight excluding hydrogens is 353 g/mol. The number of hydrogen-bond acceptors (Lipinski definition) is 4. The highest BCUT2D eigenvalue weighted by Crippen LogP contribution is 2.28. The molecule has 146 valence electrons. The Balaban J connectivity index is 1.53. The van der Waals surface area contributed by atoms with Gasteiger partial charge in [-0.25, -0.2) is 9.18 Å². The van der Waals surface area contributed by atoms with Crippen molar-refractivity contribution in [2.45, 2.75) is 18.4 Å². The highest BCUT2D eigenvalue weighted by Gasteiger charge is 2.45. The molecule has 3 saturated heterocycles. The van der Waals surface area contributed by atoms with Crippen molar-refractivity contribution in [1.82, 2.24) is 9.80 Å². The minimum atomic E-state index is -0.784. The SMILES string of the molecule is O=C(N1CCCC1)N1CCOC[C@@]2(C1)CN(c1ccc(F)cc1)C(=O)CO2. The van der Waals surface area contributed by atoms with E-state index in [0.29, 0.717) is 32.0 Å². The topological polar surface area (TPSA) is 62.3 Å². The molecular formula is C19H24FN3O4. The molecule has 0 aromatic heterocycles. The Labute approximate surface area is 157 Å². The van der Waals surface area contributed by atoms with Crippen molar-refractivity contribution < 1.29 is 23.5 Å². The lowest BCUT2D eigenvalue weighted by molar-refractivity contribution is -0.145. The van der Waals surface area contributed by atoms with Gasteiger partial charge in [0.2, 0.25) is 0 Å². The second-order valence-electron chi connectivity index (χ2n) is 7.38. The minimum absolute atomic E-state index is 0.00575. The lowest BCUT2D eigenvalue weighted by atomic mass is 10.0. The van der Waals surface area contributed by atoms with Crippen molar-refractivity contribution in [2.24, 2.45) is 0 Å². The molecule has 8 heteroatoms. The van der Waals surface area contributed by atoms with Gasteiger partial charge in [-0.2, -0.15) is 0 Å². The third kappa shape index (κ3) is 3.77. The van der Waals surface area contributed by atoms with Gasteiger partial charge in [0.1, 0.15) is 18.0 Å². The van der Waals surface area contributed by atoms with Gasteiger partial charge in [-0.1, -0.05) is 0 Å². The maximum Gasteiger partial charge on any atom is 0.320 e. The lowest BCUT2D eigenvalue weighted by Gasteiger charge is -2.43. The summed E-state index contributed by atoms with van der Waals surface area (Å²) in [5.74, 6) is -0.539. The Hall–Kier alpha value is -2.19. The van der Waals surface area contributed by atoms with Crippen LogP contribution in [0.5, 0.6) is 0 Å². The van der Waals surface area contributed by atoms with Crippen LogP contribution in [0.15, 0.2) is 24.3 Å². The Morgan fingerprint density at radius 1 is 1.04 bits per heavy atom. The average Bonchev–Trinajstić information content (AvgIpc) is 3.13. The molecule has 0 N–H and O–H groups in total. The monoisotopic (exact) mass is 377 g/mol. The van der Waals surface area contributed by atoms with E-state index in [9.17, 15) is 14.0 Å². The van der Waals surface area contributed by atoms with Gasteiger partial charge in [0.05, 0.1) is 26.3 Å². The number of halogens is 1. The molecule has 0 unspecified atom stereocenters. The smallest absolute Gasteiger partial charge is 0.320 e. The number of rotatable bonds is 1. The summed E-state index contributed by atoms with van der Waals surface area (Å²) in [6.07, 6.45) is 2.06. The van der Waals surface area contributed by atoms with Gasteiger partial charge in [0.15, 0.2) is 0 Å². The predicted octanol–water partition coefficient (Wildman–Crippen LogP) is 1.48. The molecule has 3 fully saturated rings. The third-order valence-corrected chi connectivity index (χ3v) is 5.38. The number of amides is 3. The van der Waals surface area contributed by atoms with E-state index in [1.165, 1.54) is 12.1 Å². The number of urea groups is 1. The Bertz CT molecular complexity index is 707. The summed E-state index contributed by atoms with van der Waals surface area (Å²) in [6.45, 7) is 3.36. The van der Waals surface area contributed by atoms with Crippen molar-refractivity contribution in [1.29, 1.82) is 0 Å². The maximum absolute atomic E-state index is 13.2. The third-order valence-electron chi connectivity index (χ3n) is 5.38. The molecule has 1 spiro atoms. The quantitative estimate of drug-likeness (QED) is 0.744. The van der Waals surface area contributed by atoms with Crippen LogP contribution in [0.25, 0.3) is 0 Å². The van der Waals surface area contributed by atoms with Gasteiger partial charge < -0.3 is 24.2 Å². The fourth-order valence-corrected chi connectivity index (χ4v) is 3.93. The van der Waals surface area contributed by atoms with Gasteiger partial charge in [0.25, 0.3) is 5.91 Å². The molecule has 1 atom stereocenters. The molecule has 3 amide bonds. The van der Waals surface area contributed by atoms with Crippen molar-refractivity contribution >= 4 is 17.6 Å². The summed E-state index contributed by atoms with van der Waals surface area (Å²) in [4.78, 5) is 30.5. The number of ether oxygens (including phenoxy) is 2. The summed E-state index contributed by atoms with van der Waals surface area (Å²) in [5.41, 5.74) is -0.167. The predicted molar refractivity (Wildman–Crippen MR) is 96.0 cm³/mol. The normalized spacial score (nSPS) is 26.6. The Morgan fingerprint density at radius 3 is 2.52 bits per heavy atom. The maximum atomic E-state index is 13.2. The van der Waals surface area contributed by atoms with E-state index in [1.807, 2.05) is 4.90 Å². The molecule has 0 saturated carbocycles. The highest BCUT2D eigenvalue weighted by atomic mass is 19.1. The van der Waals surface area contributed by atoms with Crippen LogP contribution in [-0.2, 0) is 14.3 Å². The summed E-state index contributed by atoms with van der Waals surface area (Å²) < 4.78 is 24.9. The Morgan fingerprint density at radius 2 is 1.78 bits per heavy atom. The number of carbonyl (C=O) groups is 2. The van der Waals surface area contributed by atoms with Crippen LogP contribution in [-0.4, -0.2) is 79.9 Å². The molecule has 7 nitrogen and oxygen atoms in total. The van der Waals surface area contributed by atoms with Crippen molar-refractivity contribution in [3.8, 4) is 0 Å².